The minimum atomic E-state index is -3.37. The zero-order valence-electron chi connectivity index (χ0n) is 12.7. The normalized spacial score (nSPS) is 12.8. The molecule has 0 aliphatic heterocycles. The third kappa shape index (κ3) is 3.85. The SMILES string of the molecule is COP(=O)(OC)/C(=C/Sc1nccn1C)Sc1nccn1C. The predicted molar refractivity (Wildman–Crippen MR) is 87.8 cm³/mol. The van der Waals surface area contributed by atoms with Gasteiger partial charge in [0.05, 0.1) is 0 Å². The second-order valence-electron chi connectivity index (χ2n) is 4.18. The molecule has 10 heteroatoms. The summed E-state index contributed by atoms with van der Waals surface area (Å²) in [5.41, 5.74) is 0. The van der Waals surface area contributed by atoms with Crippen LogP contribution >= 0.6 is 31.1 Å². The fraction of sp³-hybridized carbons (Fsp3) is 0.333. The monoisotopic (exact) mass is 360 g/mol. The van der Waals surface area contributed by atoms with Crippen molar-refractivity contribution in [2.45, 2.75) is 10.3 Å². The molecule has 2 rings (SSSR count). The lowest BCUT2D eigenvalue weighted by atomic mass is 10.9. The number of aryl methyl sites for hydroxylation is 2. The maximum absolute atomic E-state index is 12.7. The lowest BCUT2D eigenvalue weighted by Gasteiger charge is -2.16. The standard InChI is InChI=1S/C12H17N4O3PS2/c1-15-7-5-13-11(15)21-9-10(20(17,18-3)19-4)22-12-14-6-8-16(12)2/h5-9H,1-4H3/b10-9-. The van der Waals surface area contributed by atoms with E-state index in [0.717, 1.165) is 5.16 Å². The van der Waals surface area contributed by atoms with Crippen LogP contribution in [0.5, 0.6) is 0 Å². The van der Waals surface area contributed by atoms with Crippen LogP contribution in [0.4, 0.5) is 0 Å². The highest BCUT2D eigenvalue weighted by atomic mass is 32.2. The number of aromatic nitrogens is 4. The molecular formula is C12H17N4O3PS2. The Bertz CT molecular complexity index is 705. The van der Waals surface area contributed by atoms with Gasteiger partial charge in [-0.05, 0) is 11.8 Å². The second-order valence-corrected chi connectivity index (χ2v) is 8.54. The fourth-order valence-electron chi connectivity index (χ4n) is 1.51. The summed E-state index contributed by atoms with van der Waals surface area (Å²) in [6.07, 6.45) is 7.04. The summed E-state index contributed by atoms with van der Waals surface area (Å²) in [4.78, 5) is 8.44. The zero-order valence-corrected chi connectivity index (χ0v) is 15.2. The molecule has 2 heterocycles. The molecule has 2 aromatic rings. The van der Waals surface area contributed by atoms with Crippen molar-refractivity contribution in [3.8, 4) is 0 Å². The Kier molecular flexibility index (Phi) is 5.94. The van der Waals surface area contributed by atoms with Crippen LogP contribution in [0.1, 0.15) is 0 Å². The van der Waals surface area contributed by atoms with Gasteiger partial charge in [0.2, 0.25) is 0 Å². The van der Waals surface area contributed by atoms with E-state index in [4.69, 9.17) is 9.05 Å². The summed E-state index contributed by atoms with van der Waals surface area (Å²) in [5.74, 6) is 0. The lowest BCUT2D eigenvalue weighted by Crippen LogP contribution is -1.94. The van der Waals surface area contributed by atoms with E-state index in [2.05, 4.69) is 9.97 Å². The van der Waals surface area contributed by atoms with E-state index in [1.807, 2.05) is 35.6 Å². The van der Waals surface area contributed by atoms with Gasteiger partial charge >= 0.3 is 7.60 Å². The van der Waals surface area contributed by atoms with E-state index in [1.54, 1.807) is 17.8 Å². The molecule has 0 aliphatic carbocycles. The van der Waals surface area contributed by atoms with Crippen molar-refractivity contribution in [1.29, 1.82) is 0 Å². The molecule has 0 amide bonds. The number of rotatable bonds is 7. The molecule has 0 fully saturated rings. The number of imidazole rings is 2. The summed E-state index contributed by atoms with van der Waals surface area (Å²) in [6, 6.07) is 0. The highest BCUT2D eigenvalue weighted by molar-refractivity contribution is 8.11. The molecular weight excluding hydrogens is 343 g/mol. The molecule has 2 aromatic heterocycles. The van der Waals surface area contributed by atoms with Crippen molar-refractivity contribution >= 4 is 31.1 Å². The Morgan fingerprint density at radius 2 is 1.68 bits per heavy atom. The molecule has 0 saturated heterocycles. The Balaban J connectivity index is 2.31. The van der Waals surface area contributed by atoms with Crippen LogP contribution in [0.25, 0.3) is 0 Å². The van der Waals surface area contributed by atoms with Crippen molar-refractivity contribution in [2.24, 2.45) is 14.1 Å². The van der Waals surface area contributed by atoms with Gasteiger partial charge in [-0.25, -0.2) is 9.97 Å². The number of nitrogens with zero attached hydrogens (tertiary/aromatic N) is 4. The Labute approximate surface area is 137 Å². The molecule has 0 N–H and O–H groups in total. The van der Waals surface area contributed by atoms with Gasteiger partial charge in [0.25, 0.3) is 0 Å². The van der Waals surface area contributed by atoms with Crippen LogP contribution in [0.3, 0.4) is 0 Å². The van der Waals surface area contributed by atoms with E-state index >= 15 is 0 Å². The second kappa shape index (κ2) is 7.52. The Morgan fingerprint density at radius 3 is 2.14 bits per heavy atom. The van der Waals surface area contributed by atoms with Gasteiger partial charge in [-0.2, -0.15) is 0 Å². The van der Waals surface area contributed by atoms with Gasteiger partial charge in [-0.1, -0.05) is 11.8 Å². The maximum Gasteiger partial charge on any atom is 0.368 e. The largest absolute Gasteiger partial charge is 0.368 e. The first-order valence-corrected chi connectivity index (χ1v) is 9.45. The summed E-state index contributed by atoms with van der Waals surface area (Å²) >= 11 is 2.59. The summed E-state index contributed by atoms with van der Waals surface area (Å²) in [7, 11) is 3.11. The molecule has 0 bridgehead atoms. The first kappa shape index (κ1) is 17.4. The lowest BCUT2D eigenvalue weighted by molar-refractivity contribution is 0.285. The van der Waals surface area contributed by atoms with Crippen molar-refractivity contribution < 1.29 is 13.6 Å². The van der Waals surface area contributed by atoms with E-state index in [-0.39, 0.29) is 0 Å². The van der Waals surface area contributed by atoms with Gasteiger partial charge in [-0.15, -0.1) is 0 Å². The van der Waals surface area contributed by atoms with Crippen LogP contribution in [-0.4, -0.2) is 33.3 Å². The zero-order chi connectivity index (χ0) is 16.2. The smallest absolute Gasteiger partial charge is 0.329 e. The van der Waals surface area contributed by atoms with Gasteiger partial charge in [-0.3, -0.25) is 4.57 Å². The first-order valence-electron chi connectivity index (χ1n) is 6.21. The van der Waals surface area contributed by atoms with Gasteiger partial charge in [0.15, 0.2) is 10.3 Å². The number of thioether (sulfide) groups is 2. The highest BCUT2D eigenvalue weighted by Crippen LogP contribution is 2.61. The molecule has 0 spiro atoms. The van der Waals surface area contributed by atoms with E-state index in [1.165, 1.54) is 37.7 Å². The third-order valence-corrected chi connectivity index (χ3v) is 7.53. The van der Waals surface area contributed by atoms with Crippen LogP contribution < -0.4 is 0 Å². The first-order chi connectivity index (χ1) is 10.5. The summed E-state index contributed by atoms with van der Waals surface area (Å²) in [5, 5.41) is 3.20. The molecule has 0 saturated carbocycles. The van der Waals surface area contributed by atoms with E-state index < -0.39 is 7.60 Å². The van der Waals surface area contributed by atoms with Gasteiger partial charge < -0.3 is 18.2 Å². The van der Waals surface area contributed by atoms with Crippen molar-refractivity contribution in [2.75, 3.05) is 14.2 Å². The minimum absolute atomic E-state index is 0.458. The van der Waals surface area contributed by atoms with Gasteiger partial charge in [0, 0.05) is 58.5 Å². The summed E-state index contributed by atoms with van der Waals surface area (Å²) < 4.78 is 27.1. The number of hydrogen-bond donors (Lipinski definition) is 0. The molecule has 7 nitrogen and oxygen atoms in total. The number of hydrogen-bond acceptors (Lipinski definition) is 7. The Hall–Kier alpha value is -0.990. The average molecular weight is 360 g/mol. The quantitative estimate of drug-likeness (QED) is 0.554. The maximum atomic E-state index is 12.7. The van der Waals surface area contributed by atoms with Crippen LogP contribution in [0, 0.1) is 0 Å². The van der Waals surface area contributed by atoms with Crippen LogP contribution in [0.2, 0.25) is 0 Å². The van der Waals surface area contributed by atoms with Crippen LogP contribution in [0.15, 0.2) is 45.2 Å². The fourth-order valence-corrected chi connectivity index (χ4v) is 5.23. The molecule has 0 aromatic carbocycles. The predicted octanol–water partition coefficient (Wildman–Crippen LogP) is 3.32. The summed E-state index contributed by atoms with van der Waals surface area (Å²) in [6.45, 7) is 0. The molecule has 22 heavy (non-hydrogen) atoms. The van der Waals surface area contributed by atoms with Crippen molar-refractivity contribution in [1.82, 2.24) is 19.1 Å². The molecule has 120 valence electrons. The molecule has 0 unspecified atom stereocenters. The Morgan fingerprint density at radius 1 is 1.14 bits per heavy atom. The van der Waals surface area contributed by atoms with Gasteiger partial charge in [0.1, 0.15) is 4.65 Å². The third-order valence-electron chi connectivity index (χ3n) is 2.77. The van der Waals surface area contributed by atoms with Crippen molar-refractivity contribution in [3.05, 3.63) is 34.8 Å². The molecule has 0 atom stereocenters. The average Bonchev–Trinajstić information content (AvgIpc) is 3.11. The molecule has 0 radical (unpaired) electrons. The van der Waals surface area contributed by atoms with Crippen LogP contribution in [-0.2, 0) is 27.7 Å². The van der Waals surface area contributed by atoms with Crippen molar-refractivity contribution in [3.63, 3.8) is 0 Å². The topological polar surface area (TPSA) is 71.2 Å². The minimum Gasteiger partial charge on any atom is -0.329 e. The highest BCUT2D eigenvalue weighted by Gasteiger charge is 2.30. The van der Waals surface area contributed by atoms with E-state index in [9.17, 15) is 4.57 Å². The molecule has 0 aliphatic rings. The van der Waals surface area contributed by atoms with E-state index in [0.29, 0.717) is 9.80 Å².